The number of ether oxygens (including phenoxy) is 1. The third-order valence-electron chi connectivity index (χ3n) is 3.81. The van der Waals surface area contributed by atoms with Crippen LogP contribution in [0.3, 0.4) is 0 Å². The zero-order valence-electron chi connectivity index (χ0n) is 12.0. The molecule has 0 saturated carbocycles. The van der Waals surface area contributed by atoms with Crippen LogP contribution in [-0.2, 0) is 6.61 Å². The minimum atomic E-state index is -0.239. The van der Waals surface area contributed by atoms with E-state index in [1.54, 1.807) is 12.1 Å². The molecule has 2 aromatic rings. The summed E-state index contributed by atoms with van der Waals surface area (Å²) < 4.78 is 27.3. The van der Waals surface area contributed by atoms with Crippen LogP contribution in [0, 0.1) is 5.82 Å². The van der Waals surface area contributed by atoms with Crippen LogP contribution in [0.25, 0.3) is 0 Å². The Hall–Kier alpha value is -1.69. The maximum atomic E-state index is 12.9. The summed E-state index contributed by atoms with van der Waals surface area (Å²) in [6.45, 7) is 3.59. The van der Waals surface area contributed by atoms with Gasteiger partial charge in [0.15, 0.2) is 0 Å². The van der Waals surface area contributed by atoms with Crippen LogP contribution in [0.4, 0.5) is 10.2 Å². The van der Waals surface area contributed by atoms with Gasteiger partial charge in [0.1, 0.15) is 12.4 Å². The van der Waals surface area contributed by atoms with Crippen molar-refractivity contribution in [3.63, 3.8) is 0 Å². The molecule has 1 aliphatic rings. The summed E-state index contributed by atoms with van der Waals surface area (Å²) >= 11 is 1.17. The second-order valence-corrected chi connectivity index (χ2v) is 5.87. The lowest BCUT2D eigenvalue weighted by atomic mass is 10.0. The molecule has 2 heterocycles. The van der Waals surface area contributed by atoms with Crippen LogP contribution >= 0.6 is 11.7 Å². The van der Waals surface area contributed by atoms with E-state index in [1.165, 1.54) is 43.1 Å². The van der Waals surface area contributed by atoms with Gasteiger partial charge in [0.2, 0.25) is 5.82 Å². The van der Waals surface area contributed by atoms with Gasteiger partial charge < -0.3 is 9.64 Å². The molecule has 0 radical (unpaired) electrons. The topological polar surface area (TPSA) is 38.2 Å². The van der Waals surface area contributed by atoms with E-state index in [1.807, 2.05) is 0 Å². The summed E-state index contributed by atoms with van der Waals surface area (Å²) in [6, 6.07) is 6.78. The highest BCUT2D eigenvalue weighted by Crippen LogP contribution is 2.31. The zero-order chi connectivity index (χ0) is 14.7. The Labute approximate surface area is 127 Å². The van der Waals surface area contributed by atoms with Crippen molar-refractivity contribution >= 4 is 17.5 Å². The first kappa shape index (κ1) is 14.3. The Kier molecular flexibility index (Phi) is 4.34. The van der Waals surface area contributed by atoms with E-state index in [9.17, 15) is 4.39 Å². The van der Waals surface area contributed by atoms with Crippen LogP contribution in [0.15, 0.2) is 24.3 Å². The first-order valence-electron chi connectivity index (χ1n) is 7.20. The van der Waals surface area contributed by atoms with Crippen LogP contribution in [0.1, 0.15) is 31.7 Å². The molecule has 6 heteroatoms. The van der Waals surface area contributed by atoms with Crippen molar-refractivity contribution in [2.24, 2.45) is 0 Å². The predicted octanol–water partition coefficient (Wildman–Crippen LogP) is 3.64. The number of halogens is 1. The quantitative estimate of drug-likeness (QED) is 0.864. The minimum absolute atomic E-state index is 0.239. The molecule has 0 N–H and O–H groups in total. The first-order chi connectivity index (χ1) is 10.2. The van der Waals surface area contributed by atoms with Gasteiger partial charge in [0, 0.05) is 12.6 Å². The Bertz CT molecular complexity index is 587. The van der Waals surface area contributed by atoms with E-state index in [-0.39, 0.29) is 5.82 Å². The molecule has 0 amide bonds. The number of nitrogens with zero attached hydrogens (tertiary/aromatic N) is 3. The lowest BCUT2D eigenvalue weighted by Gasteiger charge is -2.33. The van der Waals surface area contributed by atoms with E-state index >= 15 is 0 Å². The molecule has 4 nitrogen and oxygen atoms in total. The van der Waals surface area contributed by atoms with Gasteiger partial charge >= 0.3 is 0 Å². The molecule has 0 aliphatic carbocycles. The van der Waals surface area contributed by atoms with Crippen molar-refractivity contribution < 1.29 is 9.13 Å². The molecule has 1 unspecified atom stereocenters. The highest BCUT2D eigenvalue weighted by molar-refractivity contribution is 6.99. The number of benzene rings is 1. The number of anilines is 1. The van der Waals surface area contributed by atoms with E-state index in [4.69, 9.17) is 4.74 Å². The van der Waals surface area contributed by atoms with Gasteiger partial charge in [-0.3, -0.25) is 0 Å². The third-order valence-corrected chi connectivity index (χ3v) is 4.31. The summed E-state index contributed by atoms with van der Waals surface area (Å²) in [5.41, 5.74) is 0.919. The van der Waals surface area contributed by atoms with Gasteiger partial charge in [-0.05, 0) is 43.9 Å². The molecule has 1 aliphatic heterocycles. The monoisotopic (exact) mass is 307 g/mol. The molecule has 1 saturated heterocycles. The molecule has 0 bridgehead atoms. The first-order valence-corrected chi connectivity index (χ1v) is 7.93. The number of aromatic nitrogens is 2. The largest absolute Gasteiger partial charge is 0.470 e. The van der Waals surface area contributed by atoms with Crippen LogP contribution in [0.2, 0.25) is 0 Å². The molecule has 3 rings (SSSR count). The second-order valence-electron chi connectivity index (χ2n) is 5.35. The van der Waals surface area contributed by atoms with Gasteiger partial charge in [-0.2, -0.15) is 4.37 Å². The van der Waals surface area contributed by atoms with Crippen molar-refractivity contribution in [1.82, 2.24) is 8.75 Å². The van der Waals surface area contributed by atoms with Crippen molar-refractivity contribution in [2.45, 2.75) is 38.8 Å². The Morgan fingerprint density at radius 3 is 2.86 bits per heavy atom. The van der Waals surface area contributed by atoms with Crippen LogP contribution in [-0.4, -0.2) is 21.3 Å². The summed E-state index contributed by atoms with van der Waals surface area (Å²) in [7, 11) is 0. The molecular weight excluding hydrogens is 289 g/mol. The molecular formula is C15H18FN3OS. The molecule has 0 spiro atoms. The smallest absolute Gasteiger partial charge is 0.271 e. The number of hydrogen-bond acceptors (Lipinski definition) is 5. The Morgan fingerprint density at radius 2 is 2.10 bits per heavy atom. The summed E-state index contributed by atoms with van der Waals surface area (Å²) in [6.07, 6.45) is 3.62. The minimum Gasteiger partial charge on any atom is -0.470 e. The fraction of sp³-hybridized carbons (Fsp3) is 0.467. The van der Waals surface area contributed by atoms with E-state index in [0.29, 0.717) is 18.5 Å². The maximum absolute atomic E-state index is 12.9. The van der Waals surface area contributed by atoms with Gasteiger partial charge in [0.25, 0.3) is 5.88 Å². The van der Waals surface area contributed by atoms with Crippen molar-refractivity contribution in [2.75, 3.05) is 11.4 Å². The summed E-state index contributed by atoms with van der Waals surface area (Å²) in [5.74, 6) is 1.18. The lowest BCUT2D eigenvalue weighted by Crippen LogP contribution is -2.37. The highest BCUT2D eigenvalue weighted by atomic mass is 32.1. The van der Waals surface area contributed by atoms with E-state index < -0.39 is 0 Å². The maximum Gasteiger partial charge on any atom is 0.271 e. The number of rotatable bonds is 4. The predicted molar refractivity (Wildman–Crippen MR) is 81.3 cm³/mol. The average Bonchev–Trinajstić information content (AvgIpc) is 2.95. The standard InChI is InChI=1S/C15H18FN3OS/c1-11-4-2-3-9-19(11)14-15(18-21-17-14)20-10-12-5-7-13(16)8-6-12/h5-8,11H,2-4,9-10H2,1H3. The number of hydrogen-bond donors (Lipinski definition) is 0. The molecule has 1 fully saturated rings. The molecule has 1 aromatic carbocycles. The number of piperidine rings is 1. The van der Waals surface area contributed by atoms with Gasteiger partial charge in [-0.25, -0.2) is 4.39 Å². The van der Waals surface area contributed by atoms with E-state index in [2.05, 4.69) is 20.6 Å². The van der Waals surface area contributed by atoms with Crippen molar-refractivity contribution in [3.8, 4) is 5.88 Å². The average molecular weight is 307 g/mol. The molecule has 1 aromatic heterocycles. The molecule has 21 heavy (non-hydrogen) atoms. The van der Waals surface area contributed by atoms with Gasteiger partial charge in [-0.1, -0.05) is 12.1 Å². The van der Waals surface area contributed by atoms with E-state index in [0.717, 1.165) is 17.9 Å². The highest BCUT2D eigenvalue weighted by Gasteiger charge is 2.24. The summed E-state index contributed by atoms with van der Waals surface area (Å²) in [4.78, 5) is 2.27. The van der Waals surface area contributed by atoms with Gasteiger partial charge in [0.05, 0.1) is 11.7 Å². The van der Waals surface area contributed by atoms with Crippen molar-refractivity contribution in [3.05, 3.63) is 35.6 Å². The normalized spacial score (nSPS) is 18.8. The van der Waals surface area contributed by atoms with Crippen LogP contribution in [0.5, 0.6) is 5.88 Å². The molecule has 1 atom stereocenters. The SMILES string of the molecule is CC1CCCCN1c1nsnc1OCc1ccc(F)cc1. The third kappa shape index (κ3) is 3.32. The van der Waals surface area contributed by atoms with Crippen LogP contribution < -0.4 is 9.64 Å². The fourth-order valence-electron chi connectivity index (χ4n) is 2.59. The van der Waals surface area contributed by atoms with Crippen molar-refractivity contribution in [1.29, 1.82) is 0 Å². The Balaban J connectivity index is 1.69. The second kappa shape index (κ2) is 6.39. The van der Waals surface area contributed by atoms with Gasteiger partial charge in [-0.15, -0.1) is 4.37 Å². The zero-order valence-corrected chi connectivity index (χ0v) is 12.8. The Morgan fingerprint density at radius 1 is 1.29 bits per heavy atom. The molecule has 112 valence electrons. The fourth-order valence-corrected chi connectivity index (χ4v) is 3.10. The summed E-state index contributed by atoms with van der Waals surface area (Å²) in [5, 5.41) is 0. The lowest BCUT2D eigenvalue weighted by molar-refractivity contribution is 0.295.